The molecule has 1 aliphatic carbocycles. The molecule has 1 saturated carbocycles. The van der Waals surface area contributed by atoms with E-state index in [1.165, 1.54) is 12.3 Å². The predicted octanol–water partition coefficient (Wildman–Crippen LogP) is -1.04. The van der Waals surface area contributed by atoms with Gasteiger partial charge in [-0.2, -0.15) is 0 Å². The zero-order valence-corrected chi connectivity index (χ0v) is 10.5. The van der Waals surface area contributed by atoms with Crippen LogP contribution in [0.1, 0.15) is 25.7 Å². The molecule has 0 aliphatic heterocycles. The zero-order chi connectivity index (χ0) is 13.9. The summed E-state index contributed by atoms with van der Waals surface area (Å²) in [5, 5.41) is 12.2. The first-order valence-corrected chi connectivity index (χ1v) is 6.26. The van der Waals surface area contributed by atoms with Crippen molar-refractivity contribution < 1.29 is 9.90 Å². The van der Waals surface area contributed by atoms with Gasteiger partial charge in [-0.1, -0.05) is 12.8 Å². The van der Waals surface area contributed by atoms with Crippen LogP contribution in [-0.4, -0.2) is 32.7 Å². The van der Waals surface area contributed by atoms with Crippen molar-refractivity contribution in [2.24, 2.45) is 0 Å². The maximum Gasteiger partial charge on any atom is 0.328 e. The van der Waals surface area contributed by atoms with Crippen molar-refractivity contribution in [3.8, 4) is 0 Å². The fraction of sp³-hybridized carbons (Fsp3) is 0.583. The lowest BCUT2D eigenvalue weighted by molar-refractivity contribution is -0.124. The number of hydrogen-bond acceptors (Lipinski definition) is 4. The number of carbonyl (C=O) groups excluding carboxylic acids is 1. The van der Waals surface area contributed by atoms with Crippen LogP contribution in [0.5, 0.6) is 0 Å². The van der Waals surface area contributed by atoms with E-state index < -0.39 is 16.8 Å². The number of rotatable bonds is 4. The van der Waals surface area contributed by atoms with E-state index in [9.17, 15) is 19.5 Å². The Kier molecular flexibility index (Phi) is 3.84. The summed E-state index contributed by atoms with van der Waals surface area (Å²) in [6.45, 7) is -0.267. The highest BCUT2D eigenvalue weighted by Gasteiger charge is 2.34. The van der Waals surface area contributed by atoms with E-state index >= 15 is 0 Å². The number of nitrogens with zero attached hydrogens (tertiary/aromatic N) is 1. The molecule has 1 amide bonds. The maximum absolute atomic E-state index is 11.9. The maximum atomic E-state index is 11.9. The van der Waals surface area contributed by atoms with E-state index in [0.29, 0.717) is 0 Å². The Bertz CT molecular complexity index is 569. The molecule has 0 bridgehead atoms. The molecular weight excluding hydrogens is 250 g/mol. The number of carbonyl (C=O) groups is 1. The van der Waals surface area contributed by atoms with Crippen molar-refractivity contribution in [2.45, 2.75) is 37.8 Å². The Labute approximate surface area is 109 Å². The molecule has 1 aliphatic rings. The minimum atomic E-state index is -0.618. The number of amides is 1. The highest BCUT2D eigenvalue weighted by molar-refractivity contribution is 5.76. The summed E-state index contributed by atoms with van der Waals surface area (Å²) in [4.78, 5) is 36.3. The predicted molar refractivity (Wildman–Crippen MR) is 67.8 cm³/mol. The quantitative estimate of drug-likeness (QED) is 0.648. The van der Waals surface area contributed by atoms with Crippen LogP contribution in [-0.2, 0) is 11.3 Å². The Hall–Kier alpha value is -1.89. The Morgan fingerprint density at radius 1 is 1.42 bits per heavy atom. The molecule has 0 aromatic carbocycles. The number of nitrogens with one attached hydrogen (secondary N) is 2. The second kappa shape index (κ2) is 5.40. The van der Waals surface area contributed by atoms with Crippen LogP contribution in [0.3, 0.4) is 0 Å². The summed E-state index contributed by atoms with van der Waals surface area (Å²) in [7, 11) is 0. The van der Waals surface area contributed by atoms with Crippen LogP contribution in [0.4, 0.5) is 0 Å². The molecule has 1 aromatic rings. The van der Waals surface area contributed by atoms with Crippen LogP contribution in [0.2, 0.25) is 0 Å². The molecular formula is C12H17N3O4. The number of aliphatic hydroxyl groups is 1. The molecule has 1 heterocycles. The lowest BCUT2D eigenvalue weighted by atomic mass is 9.99. The van der Waals surface area contributed by atoms with Crippen LogP contribution in [0, 0.1) is 0 Å². The minimum absolute atomic E-state index is 0.0980. The van der Waals surface area contributed by atoms with Crippen molar-refractivity contribution in [1.82, 2.24) is 14.9 Å². The molecule has 0 spiro atoms. The van der Waals surface area contributed by atoms with Crippen LogP contribution < -0.4 is 16.6 Å². The number of aromatic nitrogens is 2. The molecule has 1 aromatic heterocycles. The largest absolute Gasteiger partial charge is 0.394 e. The van der Waals surface area contributed by atoms with Gasteiger partial charge in [-0.15, -0.1) is 0 Å². The monoisotopic (exact) mass is 267 g/mol. The number of hydrogen-bond donors (Lipinski definition) is 3. The van der Waals surface area contributed by atoms with Crippen molar-refractivity contribution in [2.75, 3.05) is 6.61 Å². The van der Waals surface area contributed by atoms with Crippen molar-refractivity contribution in [3.05, 3.63) is 33.1 Å². The van der Waals surface area contributed by atoms with Crippen LogP contribution >= 0.6 is 0 Å². The third kappa shape index (κ3) is 3.11. The minimum Gasteiger partial charge on any atom is -0.394 e. The molecule has 2 rings (SSSR count). The smallest absolute Gasteiger partial charge is 0.328 e. The third-order valence-electron chi connectivity index (χ3n) is 3.48. The fourth-order valence-corrected chi connectivity index (χ4v) is 2.43. The van der Waals surface area contributed by atoms with Gasteiger partial charge in [-0.3, -0.25) is 19.1 Å². The van der Waals surface area contributed by atoms with Crippen molar-refractivity contribution in [3.63, 3.8) is 0 Å². The van der Waals surface area contributed by atoms with E-state index in [4.69, 9.17) is 0 Å². The molecule has 7 nitrogen and oxygen atoms in total. The van der Waals surface area contributed by atoms with E-state index in [1.54, 1.807) is 0 Å². The Morgan fingerprint density at radius 3 is 2.68 bits per heavy atom. The lowest BCUT2D eigenvalue weighted by Gasteiger charge is -2.28. The molecule has 1 fully saturated rings. The first-order chi connectivity index (χ1) is 9.04. The lowest BCUT2D eigenvalue weighted by Crippen LogP contribution is -2.50. The molecule has 0 saturated heterocycles. The fourth-order valence-electron chi connectivity index (χ4n) is 2.43. The van der Waals surface area contributed by atoms with Gasteiger partial charge in [0.1, 0.15) is 6.54 Å². The van der Waals surface area contributed by atoms with E-state index in [-0.39, 0.29) is 19.1 Å². The summed E-state index contributed by atoms with van der Waals surface area (Å²) < 4.78 is 1.12. The van der Waals surface area contributed by atoms with Crippen LogP contribution in [0.25, 0.3) is 0 Å². The highest BCUT2D eigenvalue weighted by atomic mass is 16.3. The standard InChI is InChI=1S/C12H17N3O4/c16-8-12(4-1-2-5-12)14-10(18)7-15-6-3-9(17)13-11(15)19/h3,6,16H,1-2,4-5,7-8H2,(H,14,18)(H,13,17,19). The Morgan fingerprint density at radius 2 is 2.11 bits per heavy atom. The SMILES string of the molecule is O=C(Cn1ccc(=O)[nH]c1=O)NC1(CO)CCCC1. The summed E-state index contributed by atoms with van der Waals surface area (Å²) in [6.07, 6.45) is 4.71. The van der Waals surface area contributed by atoms with Gasteiger partial charge in [0.15, 0.2) is 0 Å². The summed E-state index contributed by atoms with van der Waals surface area (Å²) in [5.74, 6) is -0.343. The summed E-state index contributed by atoms with van der Waals surface area (Å²) >= 11 is 0. The Balaban J connectivity index is 2.05. The molecule has 19 heavy (non-hydrogen) atoms. The van der Waals surface area contributed by atoms with Gasteiger partial charge >= 0.3 is 5.69 Å². The number of H-pyrrole nitrogens is 1. The summed E-state index contributed by atoms with van der Waals surface area (Å²) in [6, 6.07) is 1.19. The topological polar surface area (TPSA) is 104 Å². The van der Waals surface area contributed by atoms with Gasteiger partial charge in [0.2, 0.25) is 5.91 Å². The normalized spacial score (nSPS) is 17.3. The van der Waals surface area contributed by atoms with Gasteiger partial charge in [-0.25, -0.2) is 4.79 Å². The molecule has 3 N–H and O–H groups in total. The molecule has 0 atom stereocenters. The number of aliphatic hydroxyl groups excluding tert-OH is 1. The first kappa shape index (κ1) is 13.5. The second-order valence-corrected chi connectivity index (χ2v) is 4.93. The zero-order valence-electron chi connectivity index (χ0n) is 10.5. The van der Waals surface area contributed by atoms with Crippen molar-refractivity contribution >= 4 is 5.91 Å². The van der Waals surface area contributed by atoms with E-state index in [2.05, 4.69) is 10.3 Å². The number of aromatic amines is 1. The molecule has 104 valence electrons. The van der Waals surface area contributed by atoms with Gasteiger partial charge in [-0.05, 0) is 12.8 Å². The third-order valence-corrected chi connectivity index (χ3v) is 3.48. The molecule has 7 heteroatoms. The van der Waals surface area contributed by atoms with E-state index in [0.717, 1.165) is 30.3 Å². The average Bonchev–Trinajstić information content (AvgIpc) is 2.82. The van der Waals surface area contributed by atoms with Gasteiger partial charge in [0, 0.05) is 12.3 Å². The highest BCUT2D eigenvalue weighted by Crippen LogP contribution is 2.28. The second-order valence-electron chi connectivity index (χ2n) is 4.93. The molecule has 0 unspecified atom stereocenters. The van der Waals surface area contributed by atoms with E-state index in [1.807, 2.05) is 0 Å². The van der Waals surface area contributed by atoms with Gasteiger partial charge in [0.25, 0.3) is 5.56 Å². The van der Waals surface area contributed by atoms with Gasteiger partial charge in [0.05, 0.1) is 12.1 Å². The molecule has 0 radical (unpaired) electrons. The van der Waals surface area contributed by atoms with Gasteiger partial charge < -0.3 is 10.4 Å². The first-order valence-electron chi connectivity index (χ1n) is 6.26. The average molecular weight is 267 g/mol. The van der Waals surface area contributed by atoms with Crippen molar-refractivity contribution in [1.29, 1.82) is 0 Å². The van der Waals surface area contributed by atoms with Crippen LogP contribution in [0.15, 0.2) is 21.9 Å². The summed E-state index contributed by atoms with van der Waals surface area (Å²) in [5.41, 5.74) is -1.67.